The Morgan fingerprint density at radius 1 is 1.10 bits per heavy atom. The number of anilines is 2. The summed E-state index contributed by atoms with van der Waals surface area (Å²) in [5.74, 6) is 0.282. The predicted octanol–water partition coefficient (Wildman–Crippen LogP) is 4.42. The molecule has 1 N–H and O–H groups in total. The standard InChI is InChI=1S/C32H34N6O4/c1-21-14-23(37-13-12-30(2,19-37)22-8-5-4-6-9-22)16-38-27(21)35-29(36-38)32-17-31(18-32,20-42-32)15-26(39)34-25-11-7-10-24(33-25)28(40)41-3/h4-11,14,16H,12-13,15,17-20H2,1-3H3,(H,33,34,39)/t30-,31?,32?/m0/s1. The van der Waals surface area contributed by atoms with E-state index in [1.54, 1.807) is 18.2 Å². The second-order valence-electron chi connectivity index (χ2n) is 12.4. The maximum Gasteiger partial charge on any atom is 0.356 e. The molecule has 8 rings (SSSR count). The summed E-state index contributed by atoms with van der Waals surface area (Å²) in [7, 11) is 1.30. The molecule has 10 heteroatoms. The summed E-state index contributed by atoms with van der Waals surface area (Å²) in [4.78, 5) is 36.2. The van der Waals surface area contributed by atoms with Gasteiger partial charge in [-0.3, -0.25) is 4.79 Å². The number of aryl methyl sites for hydroxylation is 1. The van der Waals surface area contributed by atoms with Crippen LogP contribution in [-0.4, -0.2) is 58.3 Å². The lowest BCUT2D eigenvalue weighted by atomic mass is 9.60. The number of carbonyl (C=O) groups is 2. The molecule has 6 heterocycles. The van der Waals surface area contributed by atoms with Gasteiger partial charge in [-0.25, -0.2) is 19.3 Å². The van der Waals surface area contributed by atoms with Crippen LogP contribution in [0.2, 0.25) is 0 Å². The van der Waals surface area contributed by atoms with Crippen molar-refractivity contribution in [2.45, 2.75) is 50.5 Å². The zero-order valence-corrected chi connectivity index (χ0v) is 24.1. The second kappa shape index (κ2) is 9.62. The van der Waals surface area contributed by atoms with Crippen LogP contribution in [0.1, 0.15) is 60.0 Å². The maximum atomic E-state index is 12.9. The molecule has 4 aliphatic rings. The van der Waals surface area contributed by atoms with Gasteiger partial charge in [0.15, 0.2) is 17.2 Å². The molecule has 2 bridgehead atoms. The number of nitrogens with zero attached hydrogens (tertiary/aromatic N) is 5. The van der Waals surface area contributed by atoms with Gasteiger partial charge in [-0.05, 0) is 55.5 Å². The average molecular weight is 567 g/mol. The molecule has 4 fully saturated rings. The third kappa shape index (κ3) is 4.41. The highest BCUT2D eigenvalue weighted by Crippen LogP contribution is 2.64. The highest BCUT2D eigenvalue weighted by atomic mass is 16.5. The van der Waals surface area contributed by atoms with E-state index in [1.807, 2.05) is 4.52 Å². The van der Waals surface area contributed by atoms with Crippen LogP contribution in [0.5, 0.6) is 0 Å². The largest absolute Gasteiger partial charge is 0.464 e. The number of hydrogen-bond donors (Lipinski definition) is 1. The van der Waals surface area contributed by atoms with Crippen molar-refractivity contribution in [1.29, 1.82) is 0 Å². The predicted molar refractivity (Wildman–Crippen MR) is 156 cm³/mol. The van der Waals surface area contributed by atoms with Crippen LogP contribution in [0.15, 0.2) is 60.8 Å². The topological polar surface area (TPSA) is 111 Å². The van der Waals surface area contributed by atoms with E-state index < -0.39 is 11.6 Å². The normalized spacial score (nSPS) is 26.3. The Labute approximate surface area is 244 Å². The summed E-state index contributed by atoms with van der Waals surface area (Å²) in [5, 5.41) is 7.72. The number of esters is 1. The van der Waals surface area contributed by atoms with Gasteiger partial charge in [-0.1, -0.05) is 43.3 Å². The van der Waals surface area contributed by atoms with E-state index in [-0.39, 0.29) is 22.4 Å². The first-order valence-electron chi connectivity index (χ1n) is 14.4. The number of ether oxygens (including phenoxy) is 2. The van der Waals surface area contributed by atoms with Gasteiger partial charge in [-0.15, -0.1) is 5.10 Å². The molecular weight excluding hydrogens is 532 g/mol. The Morgan fingerprint density at radius 2 is 1.90 bits per heavy atom. The van der Waals surface area contributed by atoms with Crippen LogP contribution in [0.3, 0.4) is 0 Å². The van der Waals surface area contributed by atoms with E-state index in [1.165, 1.54) is 12.7 Å². The third-order valence-electron chi connectivity index (χ3n) is 9.24. The highest BCUT2D eigenvalue weighted by molar-refractivity contribution is 5.92. The van der Waals surface area contributed by atoms with Crippen LogP contribution in [0.25, 0.3) is 5.65 Å². The Kier molecular flexibility index (Phi) is 6.09. The molecule has 3 aromatic heterocycles. The first-order valence-corrected chi connectivity index (χ1v) is 14.4. The van der Waals surface area contributed by atoms with Gasteiger partial charge in [0.1, 0.15) is 11.4 Å². The second-order valence-corrected chi connectivity index (χ2v) is 12.4. The molecule has 3 saturated heterocycles. The molecule has 0 spiro atoms. The fraction of sp³-hybridized carbons (Fsp3) is 0.406. The lowest BCUT2D eigenvalue weighted by Crippen LogP contribution is -2.44. The van der Waals surface area contributed by atoms with Crippen LogP contribution in [-0.2, 0) is 25.3 Å². The molecule has 0 radical (unpaired) electrons. The van der Waals surface area contributed by atoms with E-state index in [0.29, 0.717) is 37.5 Å². The molecule has 10 nitrogen and oxygen atoms in total. The van der Waals surface area contributed by atoms with E-state index >= 15 is 0 Å². The monoisotopic (exact) mass is 566 g/mol. The maximum absolute atomic E-state index is 12.9. The SMILES string of the molecule is COC(=O)c1cccc(NC(=O)CC23COC(c4nc5c(C)cc(N6CC[C@](C)(c7ccccc7)C6)cn5n4)(C2)C3)n1. The Bertz CT molecular complexity index is 1700. The molecule has 1 amide bonds. The Morgan fingerprint density at radius 3 is 2.69 bits per heavy atom. The molecule has 1 aliphatic carbocycles. The molecule has 0 unspecified atom stereocenters. The van der Waals surface area contributed by atoms with E-state index in [9.17, 15) is 9.59 Å². The Balaban J connectivity index is 1.04. The lowest BCUT2D eigenvalue weighted by molar-refractivity contribution is -0.120. The van der Waals surface area contributed by atoms with Crippen molar-refractivity contribution in [3.63, 3.8) is 0 Å². The lowest BCUT2D eigenvalue weighted by Gasteiger charge is -2.42. The summed E-state index contributed by atoms with van der Waals surface area (Å²) in [6.07, 6.45) is 4.84. The molecule has 216 valence electrons. The van der Waals surface area contributed by atoms with Crippen molar-refractivity contribution < 1.29 is 19.1 Å². The summed E-state index contributed by atoms with van der Waals surface area (Å²) >= 11 is 0. The van der Waals surface area contributed by atoms with Crippen molar-refractivity contribution >= 4 is 29.0 Å². The smallest absolute Gasteiger partial charge is 0.356 e. The van der Waals surface area contributed by atoms with E-state index in [0.717, 1.165) is 36.4 Å². The van der Waals surface area contributed by atoms with Gasteiger partial charge < -0.3 is 19.7 Å². The molecule has 1 saturated carbocycles. The van der Waals surface area contributed by atoms with Crippen molar-refractivity contribution in [3.05, 3.63) is 83.4 Å². The summed E-state index contributed by atoms with van der Waals surface area (Å²) in [6, 6.07) is 17.8. The number of aromatic nitrogens is 4. The van der Waals surface area contributed by atoms with Gasteiger partial charge in [0, 0.05) is 30.3 Å². The number of nitrogens with one attached hydrogen (secondary N) is 1. The molecule has 42 heavy (non-hydrogen) atoms. The summed E-state index contributed by atoms with van der Waals surface area (Å²) < 4.78 is 12.9. The first-order chi connectivity index (χ1) is 20.2. The number of benzene rings is 1. The minimum atomic E-state index is -0.568. The summed E-state index contributed by atoms with van der Waals surface area (Å²) in [6.45, 7) is 6.83. The molecule has 3 aliphatic heterocycles. The number of hydrogen-bond acceptors (Lipinski definition) is 8. The Hall–Kier alpha value is -4.31. The van der Waals surface area contributed by atoms with Gasteiger partial charge in [0.2, 0.25) is 5.91 Å². The minimum absolute atomic E-state index is 0.107. The van der Waals surface area contributed by atoms with Crippen LogP contribution >= 0.6 is 0 Å². The molecule has 1 aromatic carbocycles. The fourth-order valence-electron chi connectivity index (χ4n) is 7.06. The molecular formula is C32H34N6O4. The van der Waals surface area contributed by atoms with Crippen molar-refractivity contribution in [2.24, 2.45) is 5.41 Å². The zero-order chi connectivity index (χ0) is 29.1. The van der Waals surface area contributed by atoms with Gasteiger partial charge in [0.25, 0.3) is 0 Å². The minimum Gasteiger partial charge on any atom is -0.464 e. The highest BCUT2D eigenvalue weighted by Gasteiger charge is 2.65. The molecule has 1 atom stereocenters. The quantitative estimate of drug-likeness (QED) is 0.327. The number of methoxy groups -OCH3 is 1. The van der Waals surface area contributed by atoms with Crippen molar-refractivity contribution in [3.8, 4) is 0 Å². The van der Waals surface area contributed by atoms with Crippen molar-refractivity contribution in [2.75, 3.05) is 37.0 Å². The number of pyridine rings is 2. The van der Waals surface area contributed by atoms with Gasteiger partial charge in [-0.2, -0.15) is 0 Å². The van der Waals surface area contributed by atoms with E-state index in [2.05, 4.69) is 71.6 Å². The average Bonchev–Trinajstić information content (AvgIpc) is 3.75. The number of fused-ring (bicyclic) bond motifs is 2. The van der Waals surface area contributed by atoms with Crippen molar-refractivity contribution in [1.82, 2.24) is 19.6 Å². The van der Waals surface area contributed by atoms with Crippen LogP contribution in [0.4, 0.5) is 11.5 Å². The number of rotatable bonds is 7. The van der Waals surface area contributed by atoms with Gasteiger partial charge >= 0.3 is 5.97 Å². The number of carbonyl (C=O) groups excluding carboxylic acids is 2. The van der Waals surface area contributed by atoms with Crippen LogP contribution < -0.4 is 10.2 Å². The van der Waals surface area contributed by atoms with E-state index in [4.69, 9.17) is 19.6 Å². The van der Waals surface area contributed by atoms with Crippen LogP contribution in [0, 0.1) is 12.3 Å². The number of amides is 1. The first kappa shape index (κ1) is 26.6. The molecule has 4 aromatic rings. The summed E-state index contributed by atoms with van der Waals surface area (Å²) in [5.41, 5.74) is 3.84. The zero-order valence-electron chi connectivity index (χ0n) is 24.1. The third-order valence-corrected chi connectivity index (χ3v) is 9.24. The fourth-order valence-corrected chi connectivity index (χ4v) is 7.06. The van der Waals surface area contributed by atoms with Gasteiger partial charge in [0.05, 0.1) is 25.6 Å².